The average molecular weight is 232 g/mol. The van der Waals surface area contributed by atoms with Crippen LogP contribution in [0.4, 0.5) is 0 Å². The monoisotopic (exact) mass is 232 g/mol. The zero-order chi connectivity index (χ0) is 10.5. The van der Waals surface area contributed by atoms with Crippen LogP contribution in [-0.4, -0.2) is 23.5 Å². The van der Waals surface area contributed by atoms with Crippen molar-refractivity contribution < 1.29 is 32.3 Å². The molecule has 0 heterocycles. The van der Waals surface area contributed by atoms with Gasteiger partial charge in [-0.25, -0.2) is 9.13 Å². The maximum atomic E-state index is 10.8. The van der Waals surface area contributed by atoms with Crippen LogP contribution in [0.3, 0.4) is 0 Å². The maximum Gasteiger partial charge on any atom is 0.481 e. The van der Waals surface area contributed by atoms with Crippen molar-refractivity contribution in [3.05, 3.63) is 12.7 Å². The molecule has 0 rings (SSSR count). The zero-order valence-electron chi connectivity index (χ0n) is 6.82. The molecule has 0 amide bonds. The van der Waals surface area contributed by atoms with Crippen molar-refractivity contribution in [1.82, 2.24) is 0 Å². The summed E-state index contributed by atoms with van der Waals surface area (Å²) in [6, 6.07) is 0. The van der Waals surface area contributed by atoms with Gasteiger partial charge in [-0.1, -0.05) is 6.08 Å². The molecule has 0 aliphatic rings. The van der Waals surface area contributed by atoms with E-state index in [9.17, 15) is 9.13 Å². The lowest BCUT2D eigenvalue weighted by Crippen LogP contribution is -1.95. The molecule has 0 aliphatic carbocycles. The first kappa shape index (κ1) is 13.0. The maximum absolute atomic E-state index is 10.8. The Kier molecular flexibility index (Phi) is 5.02. The van der Waals surface area contributed by atoms with Crippen molar-refractivity contribution in [2.24, 2.45) is 0 Å². The molecule has 7 nitrogen and oxygen atoms in total. The van der Waals surface area contributed by atoms with Gasteiger partial charge in [0.2, 0.25) is 0 Å². The number of hydrogen-bond acceptors (Lipinski definition) is 5. The van der Waals surface area contributed by atoms with Crippen molar-refractivity contribution in [1.29, 1.82) is 0 Å². The summed E-state index contributed by atoms with van der Waals surface area (Å²) >= 11 is 0. The topological polar surface area (TPSA) is 102 Å². The first-order valence-electron chi connectivity index (χ1n) is 3.01. The van der Waals surface area contributed by atoms with Crippen LogP contribution in [0.2, 0.25) is 0 Å². The number of phosphoric acid groups is 2. The van der Waals surface area contributed by atoms with Crippen molar-refractivity contribution >= 4 is 15.6 Å². The molecular formula is C4H10O7P2. The minimum Gasteiger partial charge on any atom is -0.302 e. The number of phosphoric ester groups is 2. The van der Waals surface area contributed by atoms with Gasteiger partial charge in [-0.05, 0) is 0 Å². The van der Waals surface area contributed by atoms with E-state index in [0.717, 1.165) is 7.11 Å². The molecule has 0 fully saturated rings. The third-order valence-electron chi connectivity index (χ3n) is 0.793. The van der Waals surface area contributed by atoms with Crippen LogP contribution in [-0.2, 0) is 22.5 Å². The SMILES string of the molecule is C=CCOP(=O)(O)OP(=O)(O)OC. The third kappa shape index (κ3) is 6.12. The van der Waals surface area contributed by atoms with Crippen LogP contribution >= 0.6 is 15.6 Å². The smallest absolute Gasteiger partial charge is 0.302 e. The van der Waals surface area contributed by atoms with Gasteiger partial charge in [0.1, 0.15) is 0 Å². The average Bonchev–Trinajstić information content (AvgIpc) is 1.99. The zero-order valence-corrected chi connectivity index (χ0v) is 8.61. The second-order valence-electron chi connectivity index (χ2n) is 1.79. The summed E-state index contributed by atoms with van der Waals surface area (Å²) in [4.78, 5) is 17.4. The minimum absolute atomic E-state index is 0.280. The summed E-state index contributed by atoms with van der Waals surface area (Å²) < 4.78 is 33.3. The predicted molar refractivity (Wildman–Crippen MR) is 43.9 cm³/mol. The largest absolute Gasteiger partial charge is 0.481 e. The summed E-state index contributed by atoms with van der Waals surface area (Å²) in [6.07, 6.45) is 1.18. The molecule has 2 N–H and O–H groups in total. The van der Waals surface area contributed by atoms with E-state index >= 15 is 0 Å². The second kappa shape index (κ2) is 5.02. The van der Waals surface area contributed by atoms with Crippen LogP contribution < -0.4 is 0 Å². The summed E-state index contributed by atoms with van der Waals surface area (Å²) in [7, 11) is -8.21. The Balaban J connectivity index is 4.25. The van der Waals surface area contributed by atoms with Gasteiger partial charge in [0.25, 0.3) is 0 Å². The van der Waals surface area contributed by atoms with Crippen molar-refractivity contribution in [3.8, 4) is 0 Å². The van der Waals surface area contributed by atoms with E-state index in [-0.39, 0.29) is 6.61 Å². The van der Waals surface area contributed by atoms with E-state index in [4.69, 9.17) is 9.79 Å². The number of hydrogen-bond donors (Lipinski definition) is 2. The summed E-state index contributed by atoms with van der Waals surface area (Å²) in [6.45, 7) is 2.92. The molecule has 0 aromatic rings. The molecule has 2 atom stereocenters. The molecule has 0 aliphatic heterocycles. The fourth-order valence-corrected chi connectivity index (χ4v) is 2.13. The van der Waals surface area contributed by atoms with Gasteiger partial charge in [0, 0.05) is 7.11 Å². The molecule has 0 aromatic heterocycles. The molecule has 0 bridgehead atoms. The standard InChI is InChI=1S/C4H10O7P2/c1-3-4-10-13(7,8)11-12(5,6)9-2/h3H,1,4H2,2H3,(H,5,6)(H,7,8). The fraction of sp³-hybridized carbons (Fsp3) is 0.500. The first-order chi connectivity index (χ1) is 5.83. The highest BCUT2D eigenvalue weighted by Crippen LogP contribution is 2.59. The van der Waals surface area contributed by atoms with Crippen LogP contribution in [0.25, 0.3) is 0 Å². The second-order valence-corrected chi connectivity index (χ2v) is 4.94. The van der Waals surface area contributed by atoms with Crippen LogP contribution in [0.1, 0.15) is 0 Å². The Morgan fingerprint density at radius 1 is 1.38 bits per heavy atom. The fourth-order valence-electron chi connectivity index (χ4n) is 0.334. The van der Waals surface area contributed by atoms with Crippen molar-refractivity contribution in [2.75, 3.05) is 13.7 Å². The Labute approximate surface area is 75.2 Å². The van der Waals surface area contributed by atoms with Gasteiger partial charge >= 0.3 is 15.6 Å². The minimum atomic E-state index is -4.56. The molecule has 0 aromatic carbocycles. The van der Waals surface area contributed by atoms with Crippen LogP contribution in [0.5, 0.6) is 0 Å². The highest BCUT2D eigenvalue weighted by atomic mass is 31.3. The lowest BCUT2D eigenvalue weighted by Gasteiger charge is -2.13. The van der Waals surface area contributed by atoms with E-state index in [1.54, 1.807) is 0 Å². The third-order valence-corrected chi connectivity index (χ3v) is 3.38. The summed E-state index contributed by atoms with van der Waals surface area (Å²) in [5.74, 6) is 0. The van der Waals surface area contributed by atoms with E-state index in [1.165, 1.54) is 6.08 Å². The van der Waals surface area contributed by atoms with Gasteiger partial charge in [0.15, 0.2) is 0 Å². The van der Waals surface area contributed by atoms with Gasteiger partial charge < -0.3 is 9.79 Å². The molecule has 0 spiro atoms. The van der Waals surface area contributed by atoms with Gasteiger partial charge in [-0.3, -0.25) is 9.05 Å². The Morgan fingerprint density at radius 3 is 2.31 bits per heavy atom. The lowest BCUT2D eigenvalue weighted by molar-refractivity contribution is 0.178. The van der Waals surface area contributed by atoms with E-state index in [0.29, 0.717) is 0 Å². The molecule has 13 heavy (non-hydrogen) atoms. The Morgan fingerprint density at radius 2 is 1.92 bits per heavy atom. The van der Waals surface area contributed by atoms with Crippen LogP contribution in [0, 0.1) is 0 Å². The molecule has 9 heteroatoms. The lowest BCUT2D eigenvalue weighted by atomic mass is 10.7. The first-order valence-corrected chi connectivity index (χ1v) is 6.00. The highest BCUT2D eigenvalue weighted by Gasteiger charge is 2.33. The Hall–Kier alpha value is -0.0000000000000000416. The van der Waals surface area contributed by atoms with Crippen molar-refractivity contribution in [3.63, 3.8) is 0 Å². The summed E-state index contributed by atoms with van der Waals surface area (Å²) in [5.41, 5.74) is 0. The van der Waals surface area contributed by atoms with E-state index < -0.39 is 15.6 Å². The molecular weight excluding hydrogens is 222 g/mol. The molecule has 0 radical (unpaired) electrons. The molecule has 78 valence electrons. The normalized spacial score (nSPS) is 20.2. The van der Waals surface area contributed by atoms with Crippen LogP contribution in [0.15, 0.2) is 12.7 Å². The number of rotatable bonds is 6. The van der Waals surface area contributed by atoms with E-state index in [2.05, 4.69) is 19.9 Å². The molecule has 0 saturated carbocycles. The molecule has 0 saturated heterocycles. The van der Waals surface area contributed by atoms with Gasteiger partial charge in [-0.2, -0.15) is 4.31 Å². The highest BCUT2D eigenvalue weighted by molar-refractivity contribution is 7.61. The van der Waals surface area contributed by atoms with E-state index in [1.807, 2.05) is 0 Å². The van der Waals surface area contributed by atoms with Crippen molar-refractivity contribution in [2.45, 2.75) is 0 Å². The predicted octanol–water partition coefficient (Wildman–Crippen LogP) is 1.05. The summed E-state index contributed by atoms with van der Waals surface area (Å²) in [5, 5.41) is 0. The quantitative estimate of drug-likeness (QED) is 0.521. The Bertz CT molecular complexity index is 261. The molecule has 2 unspecified atom stereocenters. The van der Waals surface area contributed by atoms with Gasteiger partial charge in [-0.15, -0.1) is 6.58 Å². The van der Waals surface area contributed by atoms with Gasteiger partial charge in [0.05, 0.1) is 6.61 Å².